The molecule has 0 aromatic rings. The normalized spacial score (nSPS) is 16.5. The van der Waals surface area contributed by atoms with Crippen LogP contribution in [0.2, 0.25) is 0 Å². The van der Waals surface area contributed by atoms with Gasteiger partial charge in [-0.15, -0.1) is 11.6 Å². The molecule has 0 saturated carbocycles. The molecule has 0 aromatic heterocycles. The third kappa shape index (κ3) is 6.12. The third-order valence-corrected chi connectivity index (χ3v) is 3.78. The Morgan fingerprint density at radius 2 is 1.90 bits per heavy atom. The monoisotopic (exact) mass is 303 g/mol. The van der Waals surface area contributed by atoms with Crippen molar-refractivity contribution >= 4 is 23.5 Å². The second-order valence-corrected chi connectivity index (χ2v) is 6.20. The fourth-order valence-electron chi connectivity index (χ4n) is 2.26. The van der Waals surface area contributed by atoms with E-state index >= 15 is 0 Å². The van der Waals surface area contributed by atoms with Crippen LogP contribution in [0.15, 0.2) is 0 Å². The standard InChI is InChI=1S/C15H26ClNO3/c1-12(2)11-20-15(19)13-6-9-17(10-7-13)14(18)5-3-4-8-16/h12-13H,3-11H2,1-2H3. The van der Waals surface area contributed by atoms with Crippen LogP contribution < -0.4 is 0 Å². The van der Waals surface area contributed by atoms with E-state index in [1.165, 1.54) is 0 Å². The van der Waals surface area contributed by atoms with E-state index in [9.17, 15) is 9.59 Å². The summed E-state index contributed by atoms with van der Waals surface area (Å²) in [6.45, 7) is 5.86. The van der Waals surface area contributed by atoms with Gasteiger partial charge in [0.25, 0.3) is 0 Å². The van der Waals surface area contributed by atoms with Crippen LogP contribution in [0.4, 0.5) is 0 Å². The number of esters is 1. The maximum Gasteiger partial charge on any atom is 0.309 e. The van der Waals surface area contributed by atoms with Crippen LogP contribution in [0, 0.1) is 11.8 Å². The Labute approximate surface area is 126 Å². The summed E-state index contributed by atoms with van der Waals surface area (Å²) in [5, 5.41) is 0. The minimum atomic E-state index is -0.104. The van der Waals surface area contributed by atoms with Crippen molar-refractivity contribution in [2.45, 2.75) is 46.0 Å². The summed E-state index contributed by atoms with van der Waals surface area (Å²) in [5.74, 6) is 1.01. The van der Waals surface area contributed by atoms with Crippen LogP contribution in [-0.4, -0.2) is 42.4 Å². The largest absolute Gasteiger partial charge is 0.465 e. The highest BCUT2D eigenvalue weighted by Crippen LogP contribution is 2.20. The number of amides is 1. The average molecular weight is 304 g/mol. The van der Waals surface area contributed by atoms with Gasteiger partial charge in [0.15, 0.2) is 0 Å². The zero-order chi connectivity index (χ0) is 15.0. The highest BCUT2D eigenvalue weighted by molar-refractivity contribution is 6.17. The number of rotatable bonds is 7. The van der Waals surface area contributed by atoms with E-state index in [2.05, 4.69) is 0 Å². The molecule has 0 atom stereocenters. The molecule has 0 radical (unpaired) electrons. The molecule has 116 valence electrons. The summed E-state index contributed by atoms with van der Waals surface area (Å²) in [6, 6.07) is 0. The van der Waals surface area contributed by atoms with Crippen LogP contribution in [-0.2, 0) is 14.3 Å². The molecule has 1 aliphatic rings. The van der Waals surface area contributed by atoms with E-state index in [-0.39, 0.29) is 17.8 Å². The number of likely N-dealkylation sites (tertiary alicyclic amines) is 1. The maximum absolute atomic E-state index is 11.9. The van der Waals surface area contributed by atoms with Crippen molar-refractivity contribution in [1.82, 2.24) is 4.90 Å². The van der Waals surface area contributed by atoms with Gasteiger partial charge in [-0.2, -0.15) is 0 Å². The van der Waals surface area contributed by atoms with E-state index in [1.54, 1.807) is 0 Å². The molecule has 1 fully saturated rings. The summed E-state index contributed by atoms with van der Waals surface area (Å²) in [6.07, 6.45) is 3.73. The molecular formula is C15H26ClNO3. The molecule has 20 heavy (non-hydrogen) atoms. The van der Waals surface area contributed by atoms with Crippen LogP contribution in [0.5, 0.6) is 0 Å². The Morgan fingerprint density at radius 1 is 1.25 bits per heavy atom. The number of hydrogen-bond acceptors (Lipinski definition) is 3. The highest BCUT2D eigenvalue weighted by atomic mass is 35.5. The van der Waals surface area contributed by atoms with Gasteiger partial charge in [-0.3, -0.25) is 9.59 Å². The molecular weight excluding hydrogens is 278 g/mol. The second-order valence-electron chi connectivity index (χ2n) is 5.83. The predicted molar refractivity (Wildman–Crippen MR) is 79.7 cm³/mol. The Hall–Kier alpha value is -0.770. The highest BCUT2D eigenvalue weighted by Gasteiger charge is 2.28. The zero-order valence-electron chi connectivity index (χ0n) is 12.6. The van der Waals surface area contributed by atoms with E-state index in [0.717, 1.165) is 25.7 Å². The number of halogens is 1. The van der Waals surface area contributed by atoms with Crippen molar-refractivity contribution in [2.75, 3.05) is 25.6 Å². The van der Waals surface area contributed by atoms with Crippen molar-refractivity contribution in [3.63, 3.8) is 0 Å². The Balaban J connectivity index is 2.25. The van der Waals surface area contributed by atoms with Crippen molar-refractivity contribution in [2.24, 2.45) is 11.8 Å². The lowest BCUT2D eigenvalue weighted by Crippen LogP contribution is -2.40. The van der Waals surface area contributed by atoms with E-state index in [4.69, 9.17) is 16.3 Å². The number of piperidine rings is 1. The molecule has 0 N–H and O–H groups in total. The quantitative estimate of drug-likeness (QED) is 0.413. The molecule has 0 bridgehead atoms. The first-order chi connectivity index (χ1) is 9.54. The molecule has 4 nitrogen and oxygen atoms in total. The fraction of sp³-hybridized carbons (Fsp3) is 0.867. The van der Waals surface area contributed by atoms with Crippen molar-refractivity contribution < 1.29 is 14.3 Å². The topological polar surface area (TPSA) is 46.6 Å². The SMILES string of the molecule is CC(C)COC(=O)C1CCN(C(=O)CCCCCl)CC1. The van der Waals surface area contributed by atoms with Crippen LogP contribution in [0.3, 0.4) is 0 Å². The van der Waals surface area contributed by atoms with Crippen LogP contribution >= 0.6 is 11.6 Å². The summed E-state index contributed by atoms with van der Waals surface area (Å²) in [4.78, 5) is 25.6. The Kier molecular flexibility index (Phi) is 7.97. The average Bonchev–Trinajstić information content (AvgIpc) is 2.45. The Morgan fingerprint density at radius 3 is 2.45 bits per heavy atom. The number of ether oxygens (including phenoxy) is 1. The maximum atomic E-state index is 11.9. The summed E-state index contributed by atoms with van der Waals surface area (Å²) < 4.78 is 5.26. The number of unbranched alkanes of at least 4 members (excludes halogenated alkanes) is 1. The van der Waals surface area contributed by atoms with Gasteiger partial charge in [-0.05, 0) is 31.6 Å². The number of carbonyl (C=O) groups excluding carboxylic acids is 2. The van der Waals surface area contributed by atoms with Crippen molar-refractivity contribution in [3.05, 3.63) is 0 Å². The summed E-state index contributed by atoms with van der Waals surface area (Å²) >= 11 is 5.60. The van der Waals surface area contributed by atoms with Gasteiger partial charge in [-0.1, -0.05) is 13.8 Å². The minimum absolute atomic E-state index is 0.0411. The molecule has 0 aromatic carbocycles. The second kappa shape index (κ2) is 9.22. The van der Waals surface area contributed by atoms with E-state index in [1.807, 2.05) is 18.7 Å². The first-order valence-electron chi connectivity index (χ1n) is 7.55. The van der Waals surface area contributed by atoms with Gasteiger partial charge in [0.1, 0.15) is 0 Å². The lowest BCUT2D eigenvalue weighted by Gasteiger charge is -2.31. The molecule has 0 aliphatic carbocycles. The van der Waals surface area contributed by atoms with Gasteiger partial charge in [-0.25, -0.2) is 0 Å². The number of alkyl halides is 1. The Bertz CT molecular complexity index is 312. The molecule has 1 amide bonds. The predicted octanol–water partition coefficient (Wildman–Crippen LogP) is 2.83. The molecule has 5 heteroatoms. The van der Waals surface area contributed by atoms with Crippen molar-refractivity contribution in [3.8, 4) is 0 Å². The van der Waals surface area contributed by atoms with Crippen LogP contribution in [0.25, 0.3) is 0 Å². The first kappa shape index (κ1) is 17.3. The number of nitrogens with zero attached hydrogens (tertiary/aromatic N) is 1. The molecule has 1 rings (SSSR count). The molecule has 0 spiro atoms. The van der Waals surface area contributed by atoms with E-state index in [0.29, 0.717) is 37.9 Å². The minimum Gasteiger partial charge on any atom is -0.465 e. The molecule has 1 heterocycles. The third-order valence-electron chi connectivity index (χ3n) is 3.51. The molecule has 1 saturated heterocycles. The van der Waals surface area contributed by atoms with E-state index < -0.39 is 0 Å². The molecule has 0 unspecified atom stereocenters. The number of carbonyl (C=O) groups is 2. The van der Waals surface area contributed by atoms with Gasteiger partial charge in [0.2, 0.25) is 5.91 Å². The van der Waals surface area contributed by atoms with Gasteiger partial charge >= 0.3 is 5.97 Å². The smallest absolute Gasteiger partial charge is 0.309 e. The summed E-state index contributed by atoms with van der Waals surface area (Å²) in [7, 11) is 0. The lowest BCUT2D eigenvalue weighted by atomic mass is 9.96. The van der Waals surface area contributed by atoms with Gasteiger partial charge < -0.3 is 9.64 Å². The first-order valence-corrected chi connectivity index (χ1v) is 8.08. The summed E-state index contributed by atoms with van der Waals surface area (Å²) in [5.41, 5.74) is 0. The fourth-order valence-corrected chi connectivity index (χ4v) is 2.45. The lowest BCUT2D eigenvalue weighted by molar-refractivity contribution is -0.152. The van der Waals surface area contributed by atoms with Gasteiger partial charge in [0.05, 0.1) is 12.5 Å². The van der Waals surface area contributed by atoms with Crippen molar-refractivity contribution in [1.29, 1.82) is 0 Å². The van der Waals surface area contributed by atoms with Crippen LogP contribution in [0.1, 0.15) is 46.0 Å². The van der Waals surface area contributed by atoms with Gasteiger partial charge in [0, 0.05) is 25.4 Å². The zero-order valence-corrected chi connectivity index (χ0v) is 13.3. The molecule has 1 aliphatic heterocycles. The number of hydrogen-bond donors (Lipinski definition) is 0.